The highest BCUT2D eigenvalue weighted by Gasteiger charge is 2.33. The second-order valence-corrected chi connectivity index (χ2v) is 8.33. The number of methoxy groups -OCH3 is 1. The second-order valence-electron chi connectivity index (χ2n) is 8.33. The van der Waals surface area contributed by atoms with E-state index in [0.717, 1.165) is 45.0 Å². The van der Waals surface area contributed by atoms with Crippen LogP contribution in [0, 0.1) is 5.41 Å². The lowest BCUT2D eigenvalue weighted by Crippen LogP contribution is -2.44. The summed E-state index contributed by atoms with van der Waals surface area (Å²) in [6.07, 6.45) is 7.03. The van der Waals surface area contributed by atoms with E-state index in [0.29, 0.717) is 6.54 Å². The van der Waals surface area contributed by atoms with E-state index < -0.39 is 0 Å². The molecule has 1 fully saturated rings. The maximum absolute atomic E-state index is 12.7. The lowest BCUT2D eigenvalue weighted by Gasteiger charge is -2.30. The van der Waals surface area contributed by atoms with Gasteiger partial charge in [0.1, 0.15) is 6.54 Å². The number of amides is 1. The molecule has 0 spiro atoms. The number of rotatable bonds is 8. The van der Waals surface area contributed by atoms with Gasteiger partial charge >= 0.3 is 0 Å². The molecule has 1 aromatic rings. The number of hydrogen-bond acceptors (Lipinski definition) is 3. The van der Waals surface area contributed by atoms with Crippen molar-refractivity contribution in [3.8, 4) is 0 Å². The van der Waals surface area contributed by atoms with Crippen molar-refractivity contribution in [1.29, 1.82) is 0 Å². The highest BCUT2D eigenvalue weighted by atomic mass is 127. The molecule has 0 unspecified atom stereocenters. The molecular weight excluding hydrogens is 491 g/mol. The minimum atomic E-state index is 0. The summed E-state index contributed by atoms with van der Waals surface area (Å²) in [5.41, 5.74) is 2.89. The van der Waals surface area contributed by atoms with Gasteiger partial charge in [-0.15, -0.1) is 24.0 Å². The van der Waals surface area contributed by atoms with Crippen LogP contribution in [0.1, 0.15) is 50.2 Å². The highest BCUT2D eigenvalue weighted by molar-refractivity contribution is 14.0. The Morgan fingerprint density at radius 3 is 2.63 bits per heavy atom. The van der Waals surface area contributed by atoms with Crippen molar-refractivity contribution >= 4 is 35.8 Å². The third-order valence-corrected chi connectivity index (χ3v) is 6.33. The molecule has 0 aromatic heterocycles. The van der Waals surface area contributed by atoms with Crippen molar-refractivity contribution in [3.63, 3.8) is 0 Å². The van der Waals surface area contributed by atoms with E-state index in [1.165, 1.54) is 36.8 Å². The Hall–Kier alpha value is -1.35. The van der Waals surface area contributed by atoms with Crippen LogP contribution in [0.5, 0.6) is 0 Å². The number of carbonyl (C=O) groups excluding carboxylic acids is 1. The Morgan fingerprint density at radius 1 is 1.20 bits per heavy atom. The number of halogens is 1. The van der Waals surface area contributed by atoms with Crippen LogP contribution in [0.3, 0.4) is 0 Å². The van der Waals surface area contributed by atoms with E-state index in [1.807, 2.05) is 11.0 Å². The smallest absolute Gasteiger partial charge is 0.244 e. The van der Waals surface area contributed by atoms with Crippen LogP contribution < -0.4 is 10.6 Å². The summed E-state index contributed by atoms with van der Waals surface area (Å²) >= 11 is 0. The van der Waals surface area contributed by atoms with Crippen molar-refractivity contribution in [1.82, 2.24) is 15.5 Å². The Labute approximate surface area is 198 Å². The van der Waals surface area contributed by atoms with Crippen LogP contribution in [0.2, 0.25) is 0 Å². The van der Waals surface area contributed by atoms with E-state index >= 15 is 0 Å². The van der Waals surface area contributed by atoms with Crippen molar-refractivity contribution in [2.45, 2.75) is 52.0 Å². The normalized spacial score (nSPS) is 17.8. The highest BCUT2D eigenvalue weighted by Crippen LogP contribution is 2.40. The zero-order valence-corrected chi connectivity index (χ0v) is 20.7. The molecule has 1 aliphatic heterocycles. The molecular formula is C23H37IN4O2. The molecule has 0 radical (unpaired) electrons. The Bertz CT molecular complexity index is 704. The van der Waals surface area contributed by atoms with Crippen LogP contribution in [0.25, 0.3) is 0 Å². The summed E-state index contributed by atoms with van der Waals surface area (Å²) in [7, 11) is 1.77. The fourth-order valence-corrected chi connectivity index (χ4v) is 4.53. The molecule has 0 saturated heterocycles. The number of benzene rings is 1. The SMILES string of the molecule is CCNC(=NCC(=O)N1CCc2ccccc2C1)NCC1(CCOC)CCCC1.I. The number of nitrogens with one attached hydrogen (secondary N) is 2. The van der Waals surface area contributed by atoms with Crippen LogP contribution in [-0.2, 0) is 22.5 Å². The Balaban J connectivity index is 0.00000320. The van der Waals surface area contributed by atoms with Crippen LogP contribution in [0.15, 0.2) is 29.3 Å². The van der Waals surface area contributed by atoms with Gasteiger partial charge in [-0.25, -0.2) is 4.99 Å². The molecule has 1 heterocycles. The molecule has 2 N–H and O–H groups in total. The van der Waals surface area contributed by atoms with E-state index in [2.05, 4.69) is 40.7 Å². The molecule has 30 heavy (non-hydrogen) atoms. The van der Waals surface area contributed by atoms with Gasteiger partial charge in [-0.3, -0.25) is 4.79 Å². The molecule has 2 aliphatic rings. The van der Waals surface area contributed by atoms with Gasteiger partial charge in [0.15, 0.2) is 5.96 Å². The van der Waals surface area contributed by atoms with Gasteiger partial charge in [0.05, 0.1) is 0 Å². The van der Waals surface area contributed by atoms with Gasteiger partial charge in [-0.05, 0) is 49.1 Å². The number of ether oxygens (including phenoxy) is 1. The van der Waals surface area contributed by atoms with Crippen molar-refractivity contribution in [3.05, 3.63) is 35.4 Å². The van der Waals surface area contributed by atoms with Gasteiger partial charge in [-0.2, -0.15) is 0 Å². The number of fused-ring (bicyclic) bond motifs is 1. The molecule has 1 aliphatic carbocycles. The molecule has 3 rings (SSSR count). The third kappa shape index (κ3) is 6.83. The third-order valence-electron chi connectivity index (χ3n) is 6.33. The summed E-state index contributed by atoms with van der Waals surface area (Å²) in [5, 5.41) is 6.79. The monoisotopic (exact) mass is 528 g/mol. The summed E-state index contributed by atoms with van der Waals surface area (Å²) in [5.74, 6) is 0.827. The lowest BCUT2D eigenvalue weighted by molar-refractivity contribution is -0.130. The average Bonchev–Trinajstić information content (AvgIpc) is 3.23. The fraction of sp³-hybridized carbons (Fsp3) is 0.652. The zero-order valence-electron chi connectivity index (χ0n) is 18.4. The van der Waals surface area contributed by atoms with Crippen LogP contribution in [0.4, 0.5) is 0 Å². The predicted octanol–water partition coefficient (Wildman–Crippen LogP) is 3.34. The lowest BCUT2D eigenvalue weighted by atomic mass is 9.83. The summed E-state index contributed by atoms with van der Waals surface area (Å²) < 4.78 is 5.33. The largest absolute Gasteiger partial charge is 0.385 e. The maximum Gasteiger partial charge on any atom is 0.244 e. The van der Waals surface area contributed by atoms with Gasteiger partial charge in [0.25, 0.3) is 0 Å². The van der Waals surface area contributed by atoms with E-state index in [9.17, 15) is 4.79 Å². The number of hydrogen-bond donors (Lipinski definition) is 2. The van der Waals surface area contributed by atoms with Gasteiger partial charge < -0.3 is 20.3 Å². The number of carbonyl (C=O) groups is 1. The van der Waals surface area contributed by atoms with Crippen molar-refractivity contribution in [2.75, 3.05) is 39.9 Å². The van der Waals surface area contributed by atoms with E-state index in [-0.39, 0.29) is 41.8 Å². The Morgan fingerprint density at radius 2 is 1.93 bits per heavy atom. The first kappa shape index (κ1) is 24.9. The minimum absolute atomic E-state index is 0. The van der Waals surface area contributed by atoms with Crippen LogP contribution in [-0.4, -0.2) is 56.7 Å². The van der Waals surface area contributed by atoms with Gasteiger partial charge in [0.2, 0.25) is 5.91 Å². The van der Waals surface area contributed by atoms with Gasteiger partial charge in [-0.1, -0.05) is 37.1 Å². The first-order valence-corrected chi connectivity index (χ1v) is 11.0. The number of guanidine groups is 1. The molecule has 1 amide bonds. The van der Waals surface area contributed by atoms with E-state index in [1.54, 1.807) is 7.11 Å². The fourth-order valence-electron chi connectivity index (χ4n) is 4.53. The molecule has 168 valence electrons. The summed E-state index contributed by atoms with van der Waals surface area (Å²) in [6, 6.07) is 8.38. The van der Waals surface area contributed by atoms with Crippen molar-refractivity contribution in [2.24, 2.45) is 10.4 Å². The van der Waals surface area contributed by atoms with E-state index in [4.69, 9.17) is 4.74 Å². The van der Waals surface area contributed by atoms with Gasteiger partial charge in [0, 0.05) is 39.9 Å². The topological polar surface area (TPSA) is 66.0 Å². The average molecular weight is 528 g/mol. The predicted molar refractivity (Wildman–Crippen MR) is 132 cm³/mol. The summed E-state index contributed by atoms with van der Waals surface area (Å²) in [6.45, 7) is 6.16. The minimum Gasteiger partial charge on any atom is -0.385 e. The first-order valence-electron chi connectivity index (χ1n) is 11.0. The molecule has 0 atom stereocenters. The summed E-state index contributed by atoms with van der Waals surface area (Å²) in [4.78, 5) is 19.2. The molecule has 6 nitrogen and oxygen atoms in total. The molecule has 0 bridgehead atoms. The Kier molecular flexibility index (Phi) is 10.4. The molecule has 1 aromatic carbocycles. The number of aliphatic imine (C=N–C) groups is 1. The number of nitrogens with zero attached hydrogens (tertiary/aromatic N) is 2. The first-order chi connectivity index (χ1) is 14.2. The molecule has 1 saturated carbocycles. The maximum atomic E-state index is 12.7. The van der Waals surface area contributed by atoms with Crippen LogP contribution >= 0.6 is 24.0 Å². The van der Waals surface area contributed by atoms with Crippen molar-refractivity contribution < 1.29 is 9.53 Å². The second kappa shape index (κ2) is 12.5. The quantitative estimate of drug-likeness (QED) is 0.309. The standard InChI is InChI=1S/C23H36N4O2.HI/c1-3-24-22(26-18-23(13-15-29-2)11-6-7-12-23)25-16-21(28)27-14-10-19-8-4-5-9-20(19)17-27;/h4-5,8-9H,3,6-7,10-18H2,1-2H3,(H2,24,25,26);1H. The molecule has 7 heteroatoms. The zero-order chi connectivity index (χ0) is 20.5.